The average Bonchev–Trinajstić information content (AvgIpc) is 3.37. The van der Waals surface area contributed by atoms with E-state index in [1.807, 2.05) is 31.2 Å². The summed E-state index contributed by atoms with van der Waals surface area (Å²) in [5.41, 5.74) is 7.94. The third kappa shape index (κ3) is 3.91. The van der Waals surface area contributed by atoms with Gasteiger partial charge < -0.3 is 11.1 Å². The van der Waals surface area contributed by atoms with Crippen molar-refractivity contribution in [2.75, 3.05) is 5.32 Å². The lowest BCUT2D eigenvalue weighted by atomic mass is 9.94. The number of aryl methyl sites for hydroxylation is 1. The molecule has 6 heteroatoms. The van der Waals surface area contributed by atoms with Crippen LogP contribution in [0, 0.1) is 12.9 Å². The Kier molecular flexibility index (Phi) is 4.61. The van der Waals surface area contributed by atoms with Crippen LogP contribution in [0.2, 0.25) is 0 Å². The fourth-order valence-corrected chi connectivity index (χ4v) is 2.60. The van der Waals surface area contributed by atoms with Gasteiger partial charge in [0.25, 0.3) is 5.91 Å². The lowest BCUT2D eigenvalue weighted by molar-refractivity contribution is -0.120. The van der Waals surface area contributed by atoms with Gasteiger partial charge in [-0.15, -0.1) is 0 Å². The minimum Gasteiger partial charge on any atom is -0.384 e. The Bertz CT molecular complexity index is 839. The SMILES string of the molecule is Cc1ccc(C2(C(=O)N=C(N)/C=C\Nc3ccnc(F)c3)CC2)cc1. The molecule has 0 radical (unpaired) electrons. The topological polar surface area (TPSA) is 80.4 Å². The van der Waals surface area contributed by atoms with Crippen molar-refractivity contribution in [3.8, 4) is 0 Å². The molecule has 1 saturated carbocycles. The molecule has 0 bridgehead atoms. The summed E-state index contributed by atoms with van der Waals surface area (Å²) in [4.78, 5) is 20.0. The monoisotopic (exact) mass is 338 g/mol. The molecule has 3 rings (SSSR count). The van der Waals surface area contributed by atoms with Gasteiger partial charge in [0.2, 0.25) is 5.95 Å². The van der Waals surface area contributed by atoms with E-state index in [0.717, 1.165) is 24.0 Å². The van der Waals surface area contributed by atoms with Gasteiger partial charge in [-0.3, -0.25) is 4.79 Å². The Morgan fingerprint density at radius 2 is 2.04 bits per heavy atom. The Hall–Kier alpha value is -3.02. The minimum atomic E-state index is -0.580. The van der Waals surface area contributed by atoms with E-state index in [-0.39, 0.29) is 11.7 Å². The maximum atomic E-state index is 13.0. The zero-order chi connectivity index (χ0) is 17.9. The number of aliphatic imine (C=N–C) groups is 1. The highest BCUT2D eigenvalue weighted by atomic mass is 19.1. The van der Waals surface area contributed by atoms with E-state index in [1.54, 1.807) is 6.07 Å². The summed E-state index contributed by atoms with van der Waals surface area (Å²) in [5.74, 6) is -0.706. The Balaban J connectivity index is 1.66. The van der Waals surface area contributed by atoms with Crippen LogP contribution in [0.15, 0.2) is 59.9 Å². The Labute approximate surface area is 145 Å². The zero-order valence-corrected chi connectivity index (χ0v) is 13.9. The van der Waals surface area contributed by atoms with E-state index < -0.39 is 11.4 Å². The predicted octanol–water partition coefficient (Wildman–Crippen LogP) is 3.07. The first-order chi connectivity index (χ1) is 12.0. The van der Waals surface area contributed by atoms with Crippen LogP contribution in [0.4, 0.5) is 10.1 Å². The summed E-state index contributed by atoms with van der Waals surface area (Å²) < 4.78 is 13.0. The molecule has 1 aromatic carbocycles. The number of nitrogens with zero attached hydrogens (tertiary/aromatic N) is 2. The van der Waals surface area contributed by atoms with Gasteiger partial charge in [-0.1, -0.05) is 29.8 Å². The number of carbonyl (C=O) groups excluding carboxylic acids is 1. The van der Waals surface area contributed by atoms with Crippen molar-refractivity contribution in [2.24, 2.45) is 10.7 Å². The summed E-state index contributed by atoms with van der Waals surface area (Å²) in [6.07, 6.45) is 5.90. The number of amides is 1. The number of nitrogens with two attached hydrogens (primary N) is 1. The molecule has 1 aromatic heterocycles. The van der Waals surface area contributed by atoms with Crippen LogP contribution in [0.3, 0.4) is 0 Å². The normalized spacial score (nSPS) is 16.0. The third-order valence-electron chi connectivity index (χ3n) is 4.22. The summed E-state index contributed by atoms with van der Waals surface area (Å²) >= 11 is 0. The van der Waals surface area contributed by atoms with Crippen molar-refractivity contribution in [1.29, 1.82) is 0 Å². The van der Waals surface area contributed by atoms with Crippen LogP contribution < -0.4 is 11.1 Å². The number of amidine groups is 1. The van der Waals surface area contributed by atoms with E-state index in [9.17, 15) is 9.18 Å². The van der Waals surface area contributed by atoms with Gasteiger partial charge in [0, 0.05) is 24.2 Å². The minimum absolute atomic E-state index is 0.102. The summed E-state index contributed by atoms with van der Waals surface area (Å²) in [6, 6.07) is 10.8. The molecule has 0 spiro atoms. The van der Waals surface area contributed by atoms with Gasteiger partial charge in [-0.2, -0.15) is 9.38 Å². The smallest absolute Gasteiger partial charge is 0.258 e. The summed E-state index contributed by atoms with van der Waals surface area (Å²) in [6.45, 7) is 2.01. The van der Waals surface area contributed by atoms with Crippen molar-refractivity contribution in [3.05, 3.63) is 71.9 Å². The highest BCUT2D eigenvalue weighted by Crippen LogP contribution is 2.49. The molecule has 0 atom stereocenters. The first-order valence-corrected chi connectivity index (χ1v) is 8.00. The molecule has 1 amide bonds. The van der Waals surface area contributed by atoms with E-state index >= 15 is 0 Å². The number of anilines is 1. The molecule has 1 heterocycles. The number of benzene rings is 1. The second-order valence-corrected chi connectivity index (χ2v) is 6.13. The van der Waals surface area contributed by atoms with Gasteiger partial charge in [0.05, 0.1) is 5.41 Å². The molecule has 0 unspecified atom stereocenters. The van der Waals surface area contributed by atoms with Crippen LogP contribution >= 0.6 is 0 Å². The van der Waals surface area contributed by atoms with Crippen LogP contribution in [-0.4, -0.2) is 16.7 Å². The molecule has 1 aliphatic carbocycles. The molecule has 2 aromatic rings. The van der Waals surface area contributed by atoms with Crippen molar-refractivity contribution in [3.63, 3.8) is 0 Å². The molecule has 25 heavy (non-hydrogen) atoms. The van der Waals surface area contributed by atoms with Gasteiger partial charge in [0.15, 0.2) is 0 Å². The zero-order valence-electron chi connectivity index (χ0n) is 13.9. The first-order valence-electron chi connectivity index (χ1n) is 8.00. The van der Waals surface area contributed by atoms with E-state index in [4.69, 9.17) is 5.73 Å². The fourth-order valence-electron chi connectivity index (χ4n) is 2.60. The maximum absolute atomic E-state index is 13.0. The second kappa shape index (κ2) is 6.84. The van der Waals surface area contributed by atoms with Crippen LogP contribution in [-0.2, 0) is 10.2 Å². The van der Waals surface area contributed by atoms with Crippen molar-refractivity contribution < 1.29 is 9.18 Å². The predicted molar refractivity (Wildman–Crippen MR) is 95.7 cm³/mol. The number of halogens is 1. The Morgan fingerprint density at radius 3 is 2.68 bits per heavy atom. The summed E-state index contributed by atoms with van der Waals surface area (Å²) in [5, 5.41) is 2.85. The maximum Gasteiger partial charge on any atom is 0.258 e. The molecule has 128 valence electrons. The standard InChI is InChI=1S/C19H19FN4O/c1-13-2-4-14(5-3-13)19(8-9-19)18(25)24-17(21)7-11-22-15-6-10-23-16(20)12-15/h2-7,10-12H,8-9H2,1H3,(H,22,23)(H2,21,24,25)/b11-7-. The average molecular weight is 338 g/mol. The number of hydrogen-bond donors (Lipinski definition) is 2. The molecule has 3 N–H and O–H groups in total. The largest absolute Gasteiger partial charge is 0.384 e. The number of hydrogen-bond acceptors (Lipinski definition) is 3. The van der Waals surface area contributed by atoms with E-state index in [0.29, 0.717) is 5.69 Å². The van der Waals surface area contributed by atoms with Crippen molar-refractivity contribution in [2.45, 2.75) is 25.2 Å². The number of nitrogens with one attached hydrogen (secondary N) is 1. The van der Waals surface area contributed by atoms with E-state index in [2.05, 4.69) is 15.3 Å². The molecule has 1 fully saturated rings. The highest BCUT2D eigenvalue weighted by molar-refractivity contribution is 6.04. The molecule has 5 nitrogen and oxygen atoms in total. The number of rotatable bonds is 5. The molecular formula is C19H19FN4O. The van der Waals surface area contributed by atoms with Gasteiger partial charge >= 0.3 is 0 Å². The van der Waals surface area contributed by atoms with Crippen LogP contribution in [0.1, 0.15) is 24.0 Å². The summed E-state index contributed by atoms with van der Waals surface area (Å²) in [7, 11) is 0. The van der Waals surface area contributed by atoms with Crippen molar-refractivity contribution in [1.82, 2.24) is 4.98 Å². The first kappa shape index (κ1) is 16.8. The number of aromatic nitrogens is 1. The number of pyridine rings is 1. The molecule has 0 saturated heterocycles. The third-order valence-corrected chi connectivity index (χ3v) is 4.22. The number of carbonyl (C=O) groups is 1. The van der Waals surface area contributed by atoms with Crippen LogP contribution in [0.25, 0.3) is 0 Å². The highest BCUT2D eigenvalue weighted by Gasteiger charge is 2.51. The Morgan fingerprint density at radius 1 is 1.32 bits per heavy atom. The second-order valence-electron chi connectivity index (χ2n) is 6.13. The molecule has 0 aliphatic heterocycles. The quantitative estimate of drug-likeness (QED) is 0.499. The molecule has 1 aliphatic rings. The van der Waals surface area contributed by atoms with E-state index in [1.165, 1.54) is 24.5 Å². The lowest BCUT2D eigenvalue weighted by Crippen LogP contribution is -2.22. The molecular weight excluding hydrogens is 319 g/mol. The fraction of sp³-hybridized carbons (Fsp3) is 0.211. The van der Waals surface area contributed by atoms with Crippen LogP contribution in [0.5, 0.6) is 0 Å². The lowest BCUT2D eigenvalue weighted by Gasteiger charge is -2.11. The van der Waals surface area contributed by atoms with Gasteiger partial charge in [0.1, 0.15) is 5.84 Å². The van der Waals surface area contributed by atoms with Crippen molar-refractivity contribution >= 4 is 17.4 Å². The van der Waals surface area contributed by atoms with Gasteiger partial charge in [-0.05, 0) is 37.5 Å². The van der Waals surface area contributed by atoms with Gasteiger partial charge in [-0.25, -0.2) is 4.98 Å².